The lowest BCUT2D eigenvalue weighted by molar-refractivity contribution is 0.0680. The molecule has 2 aliphatic rings. The average molecular weight is 260 g/mol. The molecule has 1 fully saturated rings. The maximum absolute atomic E-state index is 12.6. The molecule has 4 heteroatoms. The van der Waals surface area contributed by atoms with Gasteiger partial charge in [0.05, 0.1) is 6.61 Å². The summed E-state index contributed by atoms with van der Waals surface area (Å²) in [6.45, 7) is 2.26. The first-order valence-corrected chi connectivity index (χ1v) is 6.96. The summed E-state index contributed by atoms with van der Waals surface area (Å²) in [5.74, 6) is 0.135. The number of anilines is 1. The van der Waals surface area contributed by atoms with E-state index >= 15 is 0 Å². The molecule has 1 aromatic rings. The smallest absolute Gasteiger partial charge is 0.254 e. The van der Waals surface area contributed by atoms with Crippen molar-refractivity contribution in [3.05, 3.63) is 29.3 Å². The monoisotopic (exact) mass is 260 g/mol. The Labute approximate surface area is 113 Å². The molecule has 0 radical (unpaired) electrons. The summed E-state index contributed by atoms with van der Waals surface area (Å²) in [5.41, 5.74) is 3.22. The summed E-state index contributed by atoms with van der Waals surface area (Å²) in [6.07, 6.45) is 3.30. The summed E-state index contributed by atoms with van der Waals surface area (Å²) in [6, 6.07) is 6.44. The van der Waals surface area contributed by atoms with Gasteiger partial charge in [-0.15, -0.1) is 0 Å². The third-order valence-electron chi connectivity index (χ3n) is 3.85. The number of carbonyl (C=O) groups is 1. The maximum atomic E-state index is 12.6. The van der Waals surface area contributed by atoms with Gasteiger partial charge in [0.2, 0.25) is 0 Å². The Morgan fingerprint density at radius 1 is 1.47 bits per heavy atom. The van der Waals surface area contributed by atoms with E-state index in [4.69, 9.17) is 4.74 Å². The van der Waals surface area contributed by atoms with Crippen molar-refractivity contribution < 1.29 is 9.53 Å². The first kappa shape index (κ1) is 12.5. The predicted octanol–water partition coefficient (Wildman–Crippen LogP) is 1.91. The molecule has 1 aliphatic carbocycles. The zero-order valence-corrected chi connectivity index (χ0v) is 11.3. The molecule has 1 amide bonds. The third-order valence-corrected chi connectivity index (χ3v) is 3.85. The second kappa shape index (κ2) is 5.21. The largest absolute Gasteiger partial charge is 0.384 e. The molecule has 1 saturated carbocycles. The number of hydrogen-bond acceptors (Lipinski definition) is 3. The number of amides is 1. The van der Waals surface area contributed by atoms with E-state index in [9.17, 15) is 4.79 Å². The van der Waals surface area contributed by atoms with Crippen molar-refractivity contribution in [2.45, 2.75) is 25.3 Å². The summed E-state index contributed by atoms with van der Waals surface area (Å²) >= 11 is 0. The second-order valence-corrected chi connectivity index (χ2v) is 5.27. The van der Waals surface area contributed by atoms with Crippen molar-refractivity contribution in [3.63, 3.8) is 0 Å². The van der Waals surface area contributed by atoms with E-state index in [1.807, 2.05) is 17.0 Å². The lowest BCUT2D eigenvalue weighted by Gasteiger charge is -2.22. The Bertz CT molecular complexity index is 483. The van der Waals surface area contributed by atoms with Gasteiger partial charge in [-0.1, -0.05) is 6.07 Å². The summed E-state index contributed by atoms with van der Waals surface area (Å²) < 4.78 is 5.10. The standard InChI is InChI=1S/C15H20N2O2/c1-19-9-8-17(13-4-5-13)15(18)12-3-2-11-6-7-16-14(11)10-12/h2-3,10,13,16H,4-9H2,1H3. The number of fused-ring (bicyclic) bond motifs is 1. The number of ether oxygens (including phenoxy) is 1. The molecule has 1 aromatic carbocycles. The molecule has 0 bridgehead atoms. The quantitative estimate of drug-likeness (QED) is 0.879. The van der Waals surface area contributed by atoms with Gasteiger partial charge in [-0.25, -0.2) is 0 Å². The van der Waals surface area contributed by atoms with E-state index in [0.29, 0.717) is 19.2 Å². The minimum atomic E-state index is 0.135. The molecule has 4 nitrogen and oxygen atoms in total. The summed E-state index contributed by atoms with van der Waals surface area (Å²) in [5, 5.41) is 3.33. The van der Waals surface area contributed by atoms with Gasteiger partial charge in [-0.05, 0) is 37.0 Å². The maximum Gasteiger partial charge on any atom is 0.254 e. The van der Waals surface area contributed by atoms with Crippen LogP contribution in [0.25, 0.3) is 0 Å². The lowest BCUT2D eigenvalue weighted by Crippen LogP contribution is -2.35. The highest BCUT2D eigenvalue weighted by Gasteiger charge is 2.33. The van der Waals surface area contributed by atoms with Crippen LogP contribution in [0.2, 0.25) is 0 Å². The SMILES string of the molecule is COCCN(C(=O)c1ccc2c(c1)NCC2)C1CC1. The number of nitrogens with zero attached hydrogens (tertiary/aromatic N) is 1. The molecule has 1 N–H and O–H groups in total. The Morgan fingerprint density at radius 3 is 3.05 bits per heavy atom. The highest BCUT2D eigenvalue weighted by Crippen LogP contribution is 2.29. The summed E-state index contributed by atoms with van der Waals surface area (Å²) in [4.78, 5) is 14.5. The van der Waals surface area contributed by atoms with Crippen LogP contribution >= 0.6 is 0 Å². The molecular weight excluding hydrogens is 240 g/mol. The Morgan fingerprint density at radius 2 is 2.32 bits per heavy atom. The topological polar surface area (TPSA) is 41.6 Å². The van der Waals surface area contributed by atoms with Crippen LogP contribution in [0, 0.1) is 0 Å². The lowest BCUT2D eigenvalue weighted by atomic mass is 10.1. The zero-order chi connectivity index (χ0) is 13.2. The van der Waals surface area contributed by atoms with Crippen LogP contribution in [0.1, 0.15) is 28.8 Å². The van der Waals surface area contributed by atoms with Crippen molar-refractivity contribution >= 4 is 11.6 Å². The highest BCUT2D eigenvalue weighted by atomic mass is 16.5. The van der Waals surface area contributed by atoms with Gasteiger partial charge in [-0.2, -0.15) is 0 Å². The Hall–Kier alpha value is -1.55. The zero-order valence-electron chi connectivity index (χ0n) is 11.3. The molecule has 0 spiro atoms. The van der Waals surface area contributed by atoms with E-state index in [1.165, 1.54) is 5.56 Å². The molecular formula is C15H20N2O2. The number of benzene rings is 1. The van der Waals surface area contributed by atoms with Crippen LogP contribution in [0.3, 0.4) is 0 Å². The van der Waals surface area contributed by atoms with Crippen molar-refractivity contribution in [1.29, 1.82) is 0 Å². The second-order valence-electron chi connectivity index (χ2n) is 5.27. The fraction of sp³-hybridized carbons (Fsp3) is 0.533. The van der Waals surface area contributed by atoms with Gasteiger partial charge in [0, 0.05) is 37.5 Å². The van der Waals surface area contributed by atoms with Gasteiger partial charge >= 0.3 is 0 Å². The van der Waals surface area contributed by atoms with Crippen LogP contribution in [0.5, 0.6) is 0 Å². The van der Waals surface area contributed by atoms with E-state index in [-0.39, 0.29) is 5.91 Å². The third kappa shape index (κ3) is 2.59. The first-order valence-electron chi connectivity index (χ1n) is 6.96. The van der Waals surface area contributed by atoms with Crippen molar-refractivity contribution in [2.24, 2.45) is 0 Å². The van der Waals surface area contributed by atoms with Crippen LogP contribution < -0.4 is 5.32 Å². The number of rotatable bonds is 5. The van der Waals surface area contributed by atoms with Crippen LogP contribution in [-0.4, -0.2) is 43.7 Å². The number of hydrogen-bond donors (Lipinski definition) is 1. The van der Waals surface area contributed by atoms with Crippen molar-refractivity contribution in [2.75, 3.05) is 32.1 Å². The average Bonchev–Trinajstić information content (AvgIpc) is 3.15. The molecule has 0 atom stereocenters. The minimum absolute atomic E-state index is 0.135. The molecule has 3 rings (SSSR count). The van der Waals surface area contributed by atoms with Gasteiger partial charge < -0.3 is 15.0 Å². The van der Waals surface area contributed by atoms with E-state index in [1.54, 1.807) is 7.11 Å². The minimum Gasteiger partial charge on any atom is -0.384 e. The van der Waals surface area contributed by atoms with Gasteiger partial charge in [0.15, 0.2) is 0 Å². The fourth-order valence-electron chi connectivity index (χ4n) is 2.62. The molecule has 0 saturated heterocycles. The van der Waals surface area contributed by atoms with E-state index < -0.39 is 0 Å². The molecule has 0 unspecified atom stereocenters. The highest BCUT2D eigenvalue weighted by molar-refractivity contribution is 5.96. The Balaban J connectivity index is 1.77. The van der Waals surface area contributed by atoms with Crippen LogP contribution in [0.4, 0.5) is 5.69 Å². The van der Waals surface area contributed by atoms with Gasteiger partial charge in [-0.3, -0.25) is 4.79 Å². The molecule has 102 valence electrons. The number of methoxy groups -OCH3 is 1. The predicted molar refractivity (Wildman–Crippen MR) is 74.6 cm³/mol. The van der Waals surface area contributed by atoms with Gasteiger partial charge in [0.25, 0.3) is 5.91 Å². The first-order chi connectivity index (χ1) is 9.29. The van der Waals surface area contributed by atoms with Crippen molar-refractivity contribution in [3.8, 4) is 0 Å². The molecule has 0 aromatic heterocycles. The van der Waals surface area contributed by atoms with Crippen LogP contribution in [-0.2, 0) is 11.2 Å². The number of nitrogens with one attached hydrogen (secondary N) is 1. The van der Waals surface area contributed by atoms with Crippen molar-refractivity contribution in [1.82, 2.24) is 4.90 Å². The Kier molecular flexibility index (Phi) is 3.42. The van der Waals surface area contributed by atoms with E-state index in [0.717, 1.165) is 37.1 Å². The van der Waals surface area contributed by atoms with E-state index in [2.05, 4.69) is 11.4 Å². The molecule has 1 aliphatic heterocycles. The molecule has 19 heavy (non-hydrogen) atoms. The normalized spacial score (nSPS) is 16.9. The number of carbonyl (C=O) groups excluding carboxylic acids is 1. The summed E-state index contributed by atoms with van der Waals surface area (Å²) in [7, 11) is 1.68. The molecule has 1 heterocycles. The van der Waals surface area contributed by atoms with Crippen LogP contribution in [0.15, 0.2) is 18.2 Å². The fourth-order valence-corrected chi connectivity index (χ4v) is 2.62. The van der Waals surface area contributed by atoms with Gasteiger partial charge in [0.1, 0.15) is 0 Å².